The number of carbonyl (C=O) groups is 1. The number of unbranched alkanes of at least 4 members (excludes halogenated alkanes) is 3. The maximum Gasteiger partial charge on any atom is 0.271 e. The molecule has 0 bridgehead atoms. The van der Waals surface area contributed by atoms with Crippen molar-refractivity contribution in [2.75, 3.05) is 6.61 Å². The van der Waals surface area contributed by atoms with Gasteiger partial charge in [-0.05, 0) is 31.0 Å². The summed E-state index contributed by atoms with van der Waals surface area (Å²) in [5.74, 6) is 0.0301. The Bertz CT molecular complexity index is 1020. The molecule has 0 radical (unpaired) electrons. The molecule has 1 aliphatic heterocycles. The lowest BCUT2D eigenvalue weighted by Gasteiger charge is -2.26. The molecule has 0 saturated heterocycles. The second-order valence-corrected chi connectivity index (χ2v) is 7.06. The molecule has 152 valence electrons. The van der Waals surface area contributed by atoms with Crippen LogP contribution in [0.3, 0.4) is 0 Å². The van der Waals surface area contributed by atoms with Crippen molar-refractivity contribution in [3.63, 3.8) is 0 Å². The van der Waals surface area contributed by atoms with E-state index in [4.69, 9.17) is 9.47 Å². The third kappa shape index (κ3) is 3.97. The second-order valence-electron chi connectivity index (χ2n) is 7.06. The van der Waals surface area contributed by atoms with Crippen LogP contribution in [0.4, 0.5) is 0 Å². The highest BCUT2D eigenvalue weighted by atomic mass is 16.6. The molecule has 7 nitrogen and oxygen atoms in total. The molecule has 3 rings (SSSR count). The number of rotatable bonds is 7. The Morgan fingerprint density at radius 2 is 2.00 bits per heavy atom. The Morgan fingerprint density at radius 1 is 1.28 bits per heavy atom. The van der Waals surface area contributed by atoms with Gasteiger partial charge in [-0.1, -0.05) is 38.3 Å². The Kier molecular flexibility index (Phi) is 6.23. The van der Waals surface area contributed by atoms with Gasteiger partial charge in [0.1, 0.15) is 18.2 Å². The highest BCUT2D eigenvalue weighted by Crippen LogP contribution is 2.33. The summed E-state index contributed by atoms with van der Waals surface area (Å²) in [4.78, 5) is 25.8. The van der Waals surface area contributed by atoms with Gasteiger partial charge in [0.2, 0.25) is 11.7 Å². The average molecular weight is 396 g/mol. The van der Waals surface area contributed by atoms with E-state index < -0.39 is 23.3 Å². The predicted molar refractivity (Wildman–Crippen MR) is 107 cm³/mol. The Balaban J connectivity index is 1.97. The van der Waals surface area contributed by atoms with Gasteiger partial charge in [0, 0.05) is 6.54 Å². The van der Waals surface area contributed by atoms with E-state index in [-0.39, 0.29) is 29.8 Å². The van der Waals surface area contributed by atoms with Gasteiger partial charge in [-0.3, -0.25) is 14.2 Å². The molecule has 1 unspecified atom stereocenters. The molecule has 1 aliphatic rings. The molecule has 2 heterocycles. The third-order valence-electron chi connectivity index (χ3n) is 5.08. The summed E-state index contributed by atoms with van der Waals surface area (Å²) in [5, 5.41) is 20.2. The molecule has 0 aliphatic carbocycles. The van der Waals surface area contributed by atoms with E-state index in [1.165, 1.54) is 6.92 Å². The van der Waals surface area contributed by atoms with Crippen molar-refractivity contribution >= 4 is 5.78 Å². The Morgan fingerprint density at radius 3 is 2.69 bits per heavy atom. The number of aromatic nitrogens is 1. The lowest BCUT2D eigenvalue weighted by atomic mass is 9.98. The molecule has 2 aromatic rings. The Labute approximate surface area is 169 Å². The number of ether oxygens (including phenoxy) is 2. The predicted octanol–water partition coefficient (Wildman–Crippen LogP) is 3.34. The summed E-state index contributed by atoms with van der Waals surface area (Å²) < 4.78 is 12.5. The summed E-state index contributed by atoms with van der Waals surface area (Å²) in [6.07, 6.45) is 2.61. The van der Waals surface area contributed by atoms with Crippen LogP contribution in [0.25, 0.3) is 0 Å². The van der Waals surface area contributed by atoms with Crippen LogP contribution < -0.4 is 15.0 Å². The first-order valence-electron chi connectivity index (χ1n) is 9.78. The molecule has 1 aromatic carbocycles. The van der Waals surface area contributed by atoms with Crippen molar-refractivity contribution in [3.8, 4) is 23.4 Å². The molecule has 1 N–H and O–H groups in total. The molecule has 29 heavy (non-hydrogen) atoms. The lowest BCUT2D eigenvalue weighted by Crippen LogP contribution is -2.38. The van der Waals surface area contributed by atoms with Gasteiger partial charge in [0.05, 0.1) is 5.56 Å². The fourth-order valence-electron chi connectivity index (χ4n) is 3.46. The number of carbonyl (C=O) groups excluding carboxylic acids is 1. The van der Waals surface area contributed by atoms with Crippen LogP contribution in [0.5, 0.6) is 17.4 Å². The molecule has 0 saturated carbocycles. The number of hydrogen-bond donors (Lipinski definition) is 1. The number of Topliss-reactive ketones (excluding diaryl/α,β-unsaturated/α-hetero) is 1. The third-order valence-corrected chi connectivity index (χ3v) is 5.08. The molecule has 7 heteroatoms. The quantitative estimate of drug-likeness (QED) is 0.569. The van der Waals surface area contributed by atoms with Gasteiger partial charge < -0.3 is 14.6 Å². The van der Waals surface area contributed by atoms with E-state index in [1.807, 2.05) is 6.07 Å². The molecule has 0 fully saturated rings. The van der Waals surface area contributed by atoms with Crippen molar-refractivity contribution in [2.45, 2.75) is 52.2 Å². The zero-order valence-electron chi connectivity index (χ0n) is 16.6. The minimum Gasteiger partial charge on any atom is -0.494 e. The molecule has 0 spiro atoms. The number of nitriles is 1. The Hall–Kier alpha value is -3.27. The van der Waals surface area contributed by atoms with Crippen LogP contribution in [-0.2, 0) is 6.54 Å². The first-order chi connectivity index (χ1) is 14.0. The largest absolute Gasteiger partial charge is 0.494 e. The lowest BCUT2D eigenvalue weighted by molar-refractivity contribution is 0.0581. The number of nitrogens with zero attached hydrogens (tertiary/aromatic N) is 2. The zero-order chi connectivity index (χ0) is 21.0. The summed E-state index contributed by atoms with van der Waals surface area (Å²) in [6.45, 7) is 3.79. The van der Waals surface area contributed by atoms with Crippen molar-refractivity contribution in [3.05, 3.63) is 51.3 Å². The van der Waals surface area contributed by atoms with Gasteiger partial charge in [-0.15, -0.1) is 0 Å². The maximum atomic E-state index is 13.2. The van der Waals surface area contributed by atoms with Gasteiger partial charge in [0.15, 0.2) is 17.6 Å². The second kappa shape index (κ2) is 8.82. The van der Waals surface area contributed by atoms with E-state index in [9.17, 15) is 20.0 Å². The van der Waals surface area contributed by atoms with Crippen molar-refractivity contribution < 1.29 is 19.4 Å². The zero-order valence-corrected chi connectivity index (χ0v) is 16.6. The van der Waals surface area contributed by atoms with Gasteiger partial charge >= 0.3 is 0 Å². The highest BCUT2D eigenvalue weighted by molar-refractivity contribution is 6.03. The van der Waals surface area contributed by atoms with Crippen molar-refractivity contribution in [1.29, 1.82) is 5.26 Å². The van der Waals surface area contributed by atoms with Crippen LogP contribution in [0.2, 0.25) is 0 Å². The van der Waals surface area contributed by atoms with Crippen LogP contribution in [0.15, 0.2) is 29.1 Å². The number of aromatic hydroxyl groups is 1. The van der Waals surface area contributed by atoms with Crippen molar-refractivity contribution in [2.24, 2.45) is 0 Å². The summed E-state index contributed by atoms with van der Waals surface area (Å²) >= 11 is 0. The van der Waals surface area contributed by atoms with Gasteiger partial charge in [0.25, 0.3) is 5.56 Å². The normalized spacial score (nSPS) is 15.0. The molecule has 0 amide bonds. The minimum atomic E-state index is -0.980. The number of para-hydroxylation sites is 2. The minimum absolute atomic E-state index is 0.0216. The number of fused-ring (bicyclic) bond motifs is 1. The standard InChI is InChI=1S/C22H24N2O5/c1-3-4-5-8-11-24-21(26)15(12-23)14(2)19(22(24)27)20(25)18-13-28-16-9-6-7-10-17(16)29-18/h6-7,9-10,18,27H,3-5,8,11,13H2,1-2H3. The molecule has 1 atom stereocenters. The summed E-state index contributed by atoms with van der Waals surface area (Å²) in [6, 6.07) is 8.87. The molecular weight excluding hydrogens is 372 g/mol. The number of ketones is 1. The van der Waals surface area contributed by atoms with Gasteiger partial charge in [-0.2, -0.15) is 5.26 Å². The molecular formula is C22H24N2O5. The van der Waals surface area contributed by atoms with Crippen LogP contribution in [0.1, 0.15) is 54.1 Å². The first kappa shape index (κ1) is 20.5. The fraction of sp³-hybridized carbons (Fsp3) is 0.409. The van der Waals surface area contributed by atoms with E-state index in [1.54, 1.807) is 24.3 Å². The smallest absolute Gasteiger partial charge is 0.271 e. The maximum absolute atomic E-state index is 13.2. The van der Waals surface area contributed by atoms with Crippen molar-refractivity contribution in [1.82, 2.24) is 4.57 Å². The SMILES string of the molecule is CCCCCCn1c(O)c(C(=O)C2COc3ccccc3O2)c(C)c(C#N)c1=O. The van der Waals surface area contributed by atoms with Gasteiger partial charge in [-0.25, -0.2) is 0 Å². The van der Waals surface area contributed by atoms with Crippen LogP contribution in [0, 0.1) is 18.3 Å². The van der Waals surface area contributed by atoms with E-state index in [2.05, 4.69) is 6.92 Å². The number of hydrogen-bond acceptors (Lipinski definition) is 6. The number of pyridine rings is 1. The fourth-order valence-corrected chi connectivity index (χ4v) is 3.46. The highest BCUT2D eigenvalue weighted by Gasteiger charge is 2.33. The first-order valence-corrected chi connectivity index (χ1v) is 9.78. The number of benzene rings is 1. The molecule has 1 aromatic heterocycles. The van der Waals surface area contributed by atoms with E-state index in [0.29, 0.717) is 17.9 Å². The average Bonchev–Trinajstić information content (AvgIpc) is 2.73. The van der Waals surface area contributed by atoms with E-state index >= 15 is 0 Å². The van der Waals surface area contributed by atoms with Crippen LogP contribution in [-0.4, -0.2) is 28.2 Å². The summed E-state index contributed by atoms with van der Waals surface area (Å²) in [5.41, 5.74) is -0.627. The monoisotopic (exact) mass is 396 g/mol. The van der Waals surface area contributed by atoms with Crippen LogP contribution >= 0.6 is 0 Å². The van der Waals surface area contributed by atoms with E-state index in [0.717, 1.165) is 23.8 Å². The summed E-state index contributed by atoms with van der Waals surface area (Å²) in [7, 11) is 0. The topological polar surface area (TPSA) is 102 Å².